The molecule has 142 valence electrons. The minimum absolute atomic E-state index is 0.123. The molecular weight excluding hydrogens is 372 g/mol. The van der Waals surface area contributed by atoms with Gasteiger partial charge in [-0.05, 0) is 30.3 Å². The first-order valence-electron chi connectivity index (χ1n) is 8.29. The van der Waals surface area contributed by atoms with Gasteiger partial charge < -0.3 is 24.4 Å². The first-order valence-corrected chi connectivity index (χ1v) is 8.67. The maximum atomic E-state index is 12.3. The Morgan fingerprint density at radius 3 is 2.67 bits per heavy atom. The first-order chi connectivity index (χ1) is 13.0. The van der Waals surface area contributed by atoms with Gasteiger partial charge >= 0.3 is 0 Å². The Hall–Kier alpha value is -2.93. The molecule has 7 nitrogen and oxygen atoms in total. The SMILES string of the molecule is COc1ccc(N(CCC(=O)Nc2ccc3c(c2)OCO3)C(C)=O)cc1Cl. The van der Waals surface area contributed by atoms with Crippen molar-refractivity contribution in [1.29, 1.82) is 0 Å². The summed E-state index contributed by atoms with van der Waals surface area (Å²) in [6, 6.07) is 10.2. The topological polar surface area (TPSA) is 77.1 Å². The van der Waals surface area contributed by atoms with E-state index in [1.807, 2.05) is 0 Å². The van der Waals surface area contributed by atoms with Crippen LogP contribution < -0.4 is 24.4 Å². The third-order valence-corrected chi connectivity index (χ3v) is 4.34. The van der Waals surface area contributed by atoms with Crippen LogP contribution in [0.3, 0.4) is 0 Å². The van der Waals surface area contributed by atoms with Crippen LogP contribution in [-0.4, -0.2) is 32.3 Å². The number of halogens is 1. The zero-order chi connectivity index (χ0) is 19.4. The second-order valence-corrected chi connectivity index (χ2v) is 6.26. The summed E-state index contributed by atoms with van der Waals surface area (Å²) in [6.07, 6.45) is 0.123. The van der Waals surface area contributed by atoms with Gasteiger partial charge in [0, 0.05) is 37.3 Å². The number of amides is 2. The van der Waals surface area contributed by atoms with E-state index in [9.17, 15) is 9.59 Å². The molecule has 0 saturated carbocycles. The lowest BCUT2D eigenvalue weighted by molar-refractivity contribution is -0.117. The highest BCUT2D eigenvalue weighted by atomic mass is 35.5. The fourth-order valence-electron chi connectivity index (χ4n) is 2.70. The van der Waals surface area contributed by atoms with Crippen LogP contribution in [0.1, 0.15) is 13.3 Å². The minimum atomic E-state index is -0.222. The number of carbonyl (C=O) groups is 2. The Bertz CT molecular complexity index is 871. The molecule has 1 aliphatic rings. The van der Waals surface area contributed by atoms with Crippen LogP contribution in [-0.2, 0) is 9.59 Å². The van der Waals surface area contributed by atoms with Crippen molar-refractivity contribution in [2.24, 2.45) is 0 Å². The van der Waals surface area contributed by atoms with Crippen LogP contribution in [0.5, 0.6) is 17.2 Å². The fraction of sp³-hybridized carbons (Fsp3) is 0.263. The second kappa shape index (κ2) is 8.18. The summed E-state index contributed by atoms with van der Waals surface area (Å²) >= 11 is 6.13. The van der Waals surface area contributed by atoms with E-state index in [0.29, 0.717) is 33.6 Å². The summed E-state index contributed by atoms with van der Waals surface area (Å²) in [6.45, 7) is 1.83. The molecule has 0 radical (unpaired) electrons. The zero-order valence-electron chi connectivity index (χ0n) is 15.0. The number of benzene rings is 2. The molecule has 0 bridgehead atoms. The lowest BCUT2D eigenvalue weighted by atomic mass is 10.2. The molecule has 1 heterocycles. The molecule has 0 unspecified atom stereocenters. The van der Waals surface area contributed by atoms with E-state index < -0.39 is 0 Å². The number of rotatable bonds is 6. The maximum absolute atomic E-state index is 12.3. The van der Waals surface area contributed by atoms with Crippen molar-refractivity contribution >= 4 is 34.8 Å². The summed E-state index contributed by atoms with van der Waals surface area (Å²) in [7, 11) is 1.52. The second-order valence-electron chi connectivity index (χ2n) is 5.86. The molecule has 2 amide bonds. The average Bonchev–Trinajstić information content (AvgIpc) is 3.09. The predicted octanol–water partition coefficient (Wildman–Crippen LogP) is 3.46. The van der Waals surface area contributed by atoms with E-state index in [2.05, 4.69) is 5.32 Å². The van der Waals surface area contributed by atoms with Gasteiger partial charge in [0.15, 0.2) is 11.5 Å². The van der Waals surface area contributed by atoms with Gasteiger partial charge in [-0.15, -0.1) is 0 Å². The maximum Gasteiger partial charge on any atom is 0.231 e. The average molecular weight is 391 g/mol. The minimum Gasteiger partial charge on any atom is -0.495 e. The smallest absolute Gasteiger partial charge is 0.231 e. The zero-order valence-corrected chi connectivity index (χ0v) is 15.7. The van der Waals surface area contributed by atoms with Crippen LogP contribution in [0.25, 0.3) is 0 Å². The number of methoxy groups -OCH3 is 1. The van der Waals surface area contributed by atoms with Crippen molar-refractivity contribution in [3.63, 3.8) is 0 Å². The highest BCUT2D eigenvalue weighted by Crippen LogP contribution is 2.34. The Balaban J connectivity index is 1.63. The summed E-state index contributed by atoms with van der Waals surface area (Å²) < 4.78 is 15.6. The number of nitrogens with one attached hydrogen (secondary N) is 1. The van der Waals surface area contributed by atoms with E-state index in [-0.39, 0.29) is 31.6 Å². The molecule has 0 fully saturated rings. The van der Waals surface area contributed by atoms with Crippen molar-refractivity contribution in [2.75, 3.05) is 30.7 Å². The molecule has 8 heteroatoms. The predicted molar refractivity (Wildman–Crippen MR) is 102 cm³/mol. The Kier molecular flexibility index (Phi) is 5.71. The third-order valence-electron chi connectivity index (χ3n) is 4.05. The number of carbonyl (C=O) groups excluding carboxylic acids is 2. The molecule has 0 saturated heterocycles. The number of hydrogen-bond acceptors (Lipinski definition) is 5. The van der Waals surface area contributed by atoms with Crippen LogP contribution in [0.2, 0.25) is 5.02 Å². The van der Waals surface area contributed by atoms with Gasteiger partial charge in [-0.1, -0.05) is 11.6 Å². The van der Waals surface area contributed by atoms with Gasteiger partial charge in [0.25, 0.3) is 0 Å². The van der Waals surface area contributed by atoms with Crippen LogP contribution in [0.15, 0.2) is 36.4 Å². The van der Waals surface area contributed by atoms with Gasteiger partial charge in [0.05, 0.1) is 12.1 Å². The Labute approximate surface area is 161 Å². The molecule has 3 rings (SSSR count). The number of ether oxygens (including phenoxy) is 3. The molecular formula is C19H19ClN2O5. The largest absolute Gasteiger partial charge is 0.495 e. The summed E-state index contributed by atoms with van der Waals surface area (Å²) in [5.74, 6) is 1.34. The lowest BCUT2D eigenvalue weighted by Gasteiger charge is -2.21. The van der Waals surface area contributed by atoms with E-state index in [0.717, 1.165) is 0 Å². The van der Waals surface area contributed by atoms with Crippen molar-refractivity contribution in [2.45, 2.75) is 13.3 Å². The van der Waals surface area contributed by atoms with Crippen LogP contribution in [0.4, 0.5) is 11.4 Å². The Morgan fingerprint density at radius 1 is 1.19 bits per heavy atom. The van der Waals surface area contributed by atoms with Crippen molar-refractivity contribution < 1.29 is 23.8 Å². The highest BCUT2D eigenvalue weighted by molar-refractivity contribution is 6.32. The van der Waals surface area contributed by atoms with Crippen molar-refractivity contribution in [1.82, 2.24) is 0 Å². The number of hydrogen-bond donors (Lipinski definition) is 1. The normalized spacial score (nSPS) is 11.8. The molecule has 1 N–H and O–H groups in total. The van der Waals surface area contributed by atoms with Crippen LogP contribution >= 0.6 is 11.6 Å². The standard InChI is InChI=1S/C19H19ClN2O5/c1-12(23)22(14-4-6-16(25-2)15(20)10-14)8-7-19(24)21-13-3-5-17-18(9-13)27-11-26-17/h3-6,9-10H,7-8,11H2,1-2H3,(H,21,24). The number of anilines is 2. The molecule has 2 aromatic carbocycles. The van der Waals surface area contributed by atoms with E-state index >= 15 is 0 Å². The van der Waals surface area contributed by atoms with E-state index in [1.54, 1.807) is 36.4 Å². The first kappa shape index (κ1) is 18.8. The molecule has 0 aromatic heterocycles. The summed E-state index contributed by atoms with van der Waals surface area (Å²) in [4.78, 5) is 25.8. The molecule has 0 atom stereocenters. The van der Waals surface area contributed by atoms with Gasteiger partial charge in [-0.2, -0.15) is 0 Å². The summed E-state index contributed by atoms with van der Waals surface area (Å²) in [5, 5.41) is 3.18. The lowest BCUT2D eigenvalue weighted by Crippen LogP contribution is -2.31. The quantitative estimate of drug-likeness (QED) is 0.817. The molecule has 0 aliphatic carbocycles. The fourth-order valence-corrected chi connectivity index (χ4v) is 2.95. The van der Waals surface area contributed by atoms with E-state index in [1.165, 1.54) is 18.9 Å². The molecule has 2 aromatic rings. The van der Waals surface area contributed by atoms with Gasteiger partial charge in [0.1, 0.15) is 5.75 Å². The van der Waals surface area contributed by atoms with E-state index in [4.69, 9.17) is 25.8 Å². The molecule has 1 aliphatic heterocycles. The molecule has 0 spiro atoms. The highest BCUT2D eigenvalue weighted by Gasteiger charge is 2.17. The monoisotopic (exact) mass is 390 g/mol. The van der Waals surface area contributed by atoms with Crippen LogP contribution in [0, 0.1) is 0 Å². The van der Waals surface area contributed by atoms with Crippen molar-refractivity contribution in [3.05, 3.63) is 41.4 Å². The third kappa shape index (κ3) is 4.43. The van der Waals surface area contributed by atoms with Gasteiger partial charge in [-0.25, -0.2) is 0 Å². The van der Waals surface area contributed by atoms with Crippen molar-refractivity contribution in [3.8, 4) is 17.2 Å². The van der Waals surface area contributed by atoms with Gasteiger partial charge in [-0.3, -0.25) is 9.59 Å². The summed E-state index contributed by atoms with van der Waals surface area (Å²) in [5.41, 5.74) is 1.20. The number of nitrogens with zero attached hydrogens (tertiary/aromatic N) is 1. The van der Waals surface area contributed by atoms with Gasteiger partial charge in [0.2, 0.25) is 18.6 Å². The number of fused-ring (bicyclic) bond motifs is 1. The Morgan fingerprint density at radius 2 is 1.96 bits per heavy atom. The molecule has 27 heavy (non-hydrogen) atoms.